The van der Waals surface area contributed by atoms with Crippen molar-refractivity contribution in [3.05, 3.63) is 66.7 Å². The van der Waals surface area contributed by atoms with Gasteiger partial charge in [0.05, 0.1) is 10.9 Å². The maximum atomic E-state index is 9.55. The zero-order chi connectivity index (χ0) is 24.3. The molecule has 0 saturated carbocycles. The molecule has 1 aliphatic heterocycles. The van der Waals surface area contributed by atoms with Crippen LogP contribution in [-0.4, -0.2) is 69.7 Å². The number of aromatic nitrogens is 2. The fourth-order valence-electron chi connectivity index (χ4n) is 3.49. The first-order valence-electron chi connectivity index (χ1n) is 11.1. The van der Waals surface area contributed by atoms with Crippen molar-refractivity contribution in [2.45, 2.75) is 13.3 Å². The number of fused-ring (bicyclic) bond motifs is 1. The largest absolute Gasteiger partial charge is 0.478 e. The van der Waals surface area contributed by atoms with Crippen LogP contribution >= 0.6 is 0 Å². The summed E-state index contributed by atoms with van der Waals surface area (Å²) in [6.45, 7) is 7.39. The molecule has 1 aliphatic rings. The number of piperazine rings is 1. The van der Waals surface area contributed by atoms with E-state index in [1.54, 1.807) is 0 Å². The first kappa shape index (κ1) is 24.7. The summed E-state index contributed by atoms with van der Waals surface area (Å²) in [5.74, 6) is -0.353. The van der Waals surface area contributed by atoms with Gasteiger partial charge in [0.15, 0.2) is 0 Å². The fraction of sp³-hybridized carbons (Fsp3) is 0.280. The molecule has 1 aromatic heterocycles. The third kappa shape index (κ3) is 7.28. The van der Waals surface area contributed by atoms with Gasteiger partial charge in [-0.25, -0.2) is 14.6 Å². The molecule has 1 fully saturated rings. The van der Waals surface area contributed by atoms with Crippen molar-refractivity contribution in [3.63, 3.8) is 0 Å². The Bertz CT molecular complexity index is 1110. The molecule has 0 unspecified atom stereocenters. The average molecular weight is 465 g/mol. The van der Waals surface area contributed by atoms with Crippen molar-refractivity contribution in [1.82, 2.24) is 14.9 Å². The summed E-state index contributed by atoms with van der Waals surface area (Å²) in [4.78, 5) is 33.4. The molecule has 0 atom stereocenters. The Kier molecular flexibility index (Phi) is 8.93. The van der Waals surface area contributed by atoms with E-state index in [-0.39, 0.29) is 0 Å². The number of carboxylic acids is 2. The average Bonchev–Trinajstić information content (AvgIpc) is 2.84. The molecule has 0 aliphatic carbocycles. The molecule has 0 bridgehead atoms. The van der Waals surface area contributed by atoms with Gasteiger partial charge in [0.2, 0.25) is 11.8 Å². The maximum absolute atomic E-state index is 9.55. The molecule has 2 N–H and O–H groups in total. The second kappa shape index (κ2) is 12.3. The van der Waals surface area contributed by atoms with Gasteiger partial charge in [0, 0.05) is 38.3 Å². The number of rotatable bonds is 7. The molecule has 1 saturated heterocycles. The molecule has 0 amide bonds. The van der Waals surface area contributed by atoms with Crippen molar-refractivity contribution >= 4 is 28.8 Å². The van der Waals surface area contributed by atoms with Gasteiger partial charge in [-0.2, -0.15) is 4.98 Å². The first-order valence-corrected chi connectivity index (χ1v) is 11.1. The lowest BCUT2D eigenvalue weighted by Crippen LogP contribution is -2.47. The van der Waals surface area contributed by atoms with E-state index in [0.29, 0.717) is 18.0 Å². The van der Waals surface area contributed by atoms with Crippen LogP contribution in [0.2, 0.25) is 0 Å². The van der Waals surface area contributed by atoms with E-state index in [1.165, 1.54) is 6.42 Å². The molecular formula is C25H28N4O5. The third-order valence-corrected chi connectivity index (χ3v) is 5.08. The van der Waals surface area contributed by atoms with E-state index in [2.05, 4.69) is 16.7 Å². The minimum atomic E-state index is -1.26. The molecular weight excluding hydrogens is 436 g/mol. The smallest absolute Gasteiger partial charge is 0.328 e. The van der Waals surface area contributed by atoms with E-state index >= 15 is 0 Å². The van der Waals surface area contributed by atoms with Gasteiger partial charge >= 0.3 is 11.9 Å². The molecule has 2 aromatic carbocycles. The van der Waals surface area contributed by atoms with Crippen LogP contribution in [0, 0.1) is 0 Å². The summed E-state index contributed by atoms with van der Waals surface area (Å²) < 4.78 is 6.09. The van der Waals surface area contributed by atoms with Crippen molar-refractivity contribution in [2.24, 2.45) is 0 Å². The van der Waals surface area contributed by atoms with E-state index in [1.807, 2.05) is 54.6 Å². The summed E-state index contributed by atoms with van der Waals surface area (Å²) in [5.41, 5.74) is 0.916. The second-order valence-electron chi connectivity index (χ2n) is 7.60. The van der Waals surface area contributed by atoms with Crippen LogP contribution in [0.1, 0.15) is 13.3 Å². The van der Waals surface area contributed by atoms with Gasteiger partial charge in [-0.05, 0) is 37.2 Å². The molecule has 178 valence electrons. The predicted octanol–water partition coefficient (Wildman–Crippen LogP) is 3.67. The minimum Gasteiger partial charge on any atom is -0.478 e. The number of ether oxygens (including phenoxy) is 1. The normalized spacial score (nSPS) is 14.0. The number of hydrogen-bond donors (Lipinski definition) is 2. The number of carbonyl (C=O) groups is 2. The van der Waals surface area contributed by atoms with E-state index in [4.69, 9.17) is 24.9 Å². The second-order valence-corrected chi connectivity index (χ2v) is 7.60. The van der Waals surface area contributed by atoms with Crippen LogP contribution in [0.15, 0.2) is 66.7 Å². The Morgan fingerprint density at radius 3 is 2.15 bits per heavy atom. The summed E-state index contributed by atoms with van der Waals surface area (Å²) in [5, 5.41) is 16.6. The predicted molar refractivity (Wildman–Crippen MR) is 129 cm³/mol. The van der Waals surface area contributed by atoms with Crippen LogP contribution in [0.5, 0.6) is 11.6 Å². The van der Waals surface area contributed by atoms with E-state index < -0.39 is 11.9 Å². The first-order chi connectivity index (χ1) is 16.5. The zero-order valence-corrected chi connectivity index (χ0v) is 19.0. The fourth-order valence-corrected chi connectivity index (χ4v) is 3.49. The molecule has 9 heteroatoms. The summed E-state index contributed by atoms with van der Waals surface area (Å²) in [6, 6.07) is 17.8. The summed E-state index contributed by atoms with van der Waals surface area (Å²) in [7, 11) is 0. The highest BCUT2D eigenvalue weighted by atomic mass is 16.5. The number of para-hydroxylation sites is 2. The molecule has 4 rings (SSSR count). The lowest BCUT2D eigenvalue weighted by atomic mass is 10.2. The number of hydrogen-bond acceptors (Lipinski definition) is 7. The van der Waals surface area contributed by atoms with Crippen LogP contribution in [0.3, 0.4) is 0 Å². The van der Waals surface area contributed by atoms with E-state index in [9.17, 15) is 9.59 Å². The molecule has 2 heterocycles. The number of anilines is 1. The van der Waals surface area contributed by atoms with Crippen LogP contribution in [0.25, 0.3) is 10.9 Å². The van der Waals surface area contributed by atoms with Gasteiger partial charge in [-0.1, -0.05) is 37.3 Å². The number of nitrogens with zero attached hydrogens (tertiary/aromatic N) is 4. The third-order valence-electron chi connectivity index (χ3n) is 5.08. The number of carboxylic acid groups (broad SMARTS) is 2. The lowest BCUT2D eigenvalue weighted by molar-refractivity contribution is -0.134. The van der Waals surface area contributed by atoms with Crippen LogP contribution in [-0.2, 0) is 9.59 Å². The SMILES string of the molecule is CCCN1CCN(c2nc(Oc3ccccc3)c3ccccc3n2)CC1.O=C(O)/C=C/C(=O)O. The number of aliphatic carboxylic acids is 2. The van der Waals surface area contributed by atoms with Crippen LogP contribution in [0.4, 0.5) is 5.95 Å². The van der Waals surface area contributed by atoms with Crippen molar-refractivity contribution in [1.29, 1.82) is 0 Å². The quantitative estimate of drug-likeness (QED) is 0.505. The highest BCUT2D eigenvalue weighted by Crippen LogP contribution is 2.29. The van der Waals surface area contributed by atoms with Crippen molar-refractivity contribution < 1.29 is 24.5 Å². The molecule has 34 heavy (non-hydrogen) atoms. The highest BCUT2D eigenvalue weighted by Gasteiger charge is 2.20. The summed E-state index contributed by atoms with van der Waals surface area (Å²) in [6.07, 6.45) is 2.31. The van der Waals surface area contributed by atoms with Gasteiger partial charge in [-0.3, -0.25) is 4.90 Å². The maximum Gasteiger partial charge on any atom is 0.328 e. The van der Waals surface area contributed by atoms with Crippen molar-refractivity contribution in [2.75, 3.05) is 37.6 Å². The Labute approximate surface area is 197 Å². The standard InChI is InChI=1S/C21H24N4O.C4H4O4/c1-2-12-24-13-15-25(16-14-24)21-22-19-11-7-6-10-18(19)20(23-21)26-17-8-4-3-5-9-17;5-3(6)1-2-4(7)8/h3-11H,2,12-16H2,1H3;1-2H,(H,5,6)(H,7,8)/b;2-1+. The topological polar surface area (TPSA) is 116 Å². The molecule has 0 radical (unpaired) electrons. The Balaban J connectivity index is 0.000000350. The van der Waals surface area contributed by atoms with Gasteiger partial charge in [-0.15, -0.1) is 0 Å². The summed E-state index contributed by atoms with van der Waals surface area (Å²) >= 11 is 0. The van der Waals surface area contributed by atoms with Crippen molar-refractivity contribution in [3.8, 4) is 11.6 Å². The lowest BCUT2D eigenvalue weighted by Gasteiger charge is -2.34. The monoisotopic (exact) mass is 464 g/mol. The molecule has 0 spiro atoms. The van der Waals surface area contributed by atoms with Gasteiger partial charge < -0.3 is 19.8 Å². The van der Waals surface area contributed by atoms with Crippen LogP contribution < -0.4 is 9.64 Å². The Morgan fingerprint density at radius 1 is 0.912 bits per heavy atom. The Morgan fingerprint density at radius 2 is 1.53 bits per heavy atom. The minimum absolute atomic E-state index is 0.558. The van der Waals surface area contributed by atoms with Gasteiger partial charge in [0.25, 0.3) is 0 Å². The molecule has 3 aromatic rings. The van der Waals surface area contributed by atoms with E-state index in [0.717, 1.165) is 55.3 Å². The number of benzene rings is 2. The highest BCUT2D eigenvalue weighted by molar-refractivity contribution is 5.89. The van der Waals surface area contributed by atoms with Gasteiger partial charge in [0.1, 0.15) is 5.75 Å². The Hall–Kier alpha value is -3.98. The molecule has 9 nitrogen and oxygen atoms in total. The zero-order valence-electron chi connectivity index (χ0n) is 19.0.